The Labute approximate surface area is 140 Å². The zero-order valence-corrected chi connectivity index (χ0v) is 14.4. The fourth-order valence-corrected chi connectivity index (χ4v) is 6.16. The van der Waals surface area contributed by atoms with Crippen LogP contribution in [0, 0.1) is 23.7 Å². The minimum Gasteiger partial charge on any atom is -0.393 e. The SMILES string of the molecule is OC1CCC2CC(OC3CCC4CC(O)CCC4C3)CCC2C1. The van der Waals surface area contributed by atoms with E-state index in [1.165, 1.54) is 51.4 Å². The van der Waals surface area contributed by atoms with Crippen molar-refractivity contribution in [1.29, 1.82) is 0 Å². The number of hydrogen-bond donors (Lipinski definition) is 2. The van der Waals surface area contributed by atoms with Crippen LogP contribution < -0.4 is 0 Å². The number of ether oxygens (including phenoxy) is 1. The highest BCUT2D eigenvalue weighted by molar-refractivity contribution is 4.89. The van der Waals surface area contributed by atoms with Crippen molar-refractivity contribution in [2.75, 3.05) is 0 Å². The smallest absolute Gasteiger partial charge is 0.0581 e. The van der Waals surface area contributed by atoms with Gasteiger partial charge >= 0.3 is 0 Å². The third-order valence-electron chi connectivity index (χ3n) is 7.46. The minimum atomic E-state index is -0.0364. The average molecular weight is 322 g/mol. The molecule has 0 aliphatic heterocycles. The molecule has 4 saturated carbocycles. The second kappa shape index (κ2) is 7.01. The molecule has 4 rings (SSSR count). The first-order valence-electron chi connectivity index (χ1n) is 10.2. The van der Waals surface area contributed by atoms with Gasteiger partial charge in [-0.1, -0.05) is 0 Å². The molecule has 2 N–H and O–H groups in total. The number of fused-ring (bicyclic) bond motifs is 2. The number of rotatable bonds is 2. The maximum atomic E-state index is 9.85. The van der Waals surface area contributed by atoms with Crippen molar-refractivity contribution >= 4 is 0 Å². The molecule has 0 saturated heterocycles. The van der Waals surface area contributed by atoms with E-state index < -0.39 is 0 Å². The van der Waals surface area contributed by atoms with Gasteiger partial charge in [0.1, 0.15) is 0 Å². The van der Waals surface area contributed by atoms with Crippen molar-refractivity contribution < 1.29 is 14.9 Å². The molecule has 0 spiro atoms. The van der Waals surface area contributed by atoms with E-state index in [0.717, 1.165) is 49.4 Å². The lowest BCUT2D eigenvalue weighted by Crippen LogP contribution is -2.40. The van der Waals surface area contributed by atoms with Crippen LogP contribution in [0.3, 0.4) is 0 Å². The van der Waals surface area contributed by atoms with Gasteiger partial charge in [0.05, 0.1) is 24.4 Å². The summed E-state index contributed by atoms with van der Waals surface area (Å²) in [5.41, 5.74) is 0. The van der Waals surface area contributed by atoms with Gasteiger partial charge in [-0.15, -0.1) is 0 Å². The summed E-state index contributed by atoms with van der Waals surface area (Å²) in [5.74, 6) is 3.12. The molecule has 4 aliphatic carbocycles. The van der Waals surface area contributed by atoms with Crippen molar-refractivity contribution in [3.05, 3.63) is 0 Å². The van der Waals surface area contributed by atoms with Crippen molar-refractivity contribution in [2.45, 2.75) is 101 Å². The van der Waals surface area contributed by atoms with Gasteiger partial charge < -0.3 is 14.9 Å². The van der Waals surface area contributed by atoms with Gasteiger partial charge in [-0.3, -0.25) is 0 Å². The predicted octanol–water partition coefficient (Wildman–Crippen LogP) is 3.66. The topological polar surface area (TPSA) is 49.7 Å². The lowest BCUT2D eigenvalue weighted by molar-refractivity contribution is -0.0964. The molecule has 3 nitrogen and oxygen atoms in total. The van der Waals surface area contributed by atoms with Crippen molar-refractivity contribution in [3.63, 3.8) is 0 Å². The molecular formula is C20H34O3. The highest BCUT2D eigenvalue weighted by Gasteiger charge is 2.39. The number of aliphatic hydroxyl groups excluding tert-OH is 2. The minimum absolute atomic E-state index is 0.0364. The zero-order valence-electron chi connectivity index (χ0n) is 14.4. The first kappa shape index (κ1) is 16.4. The molecule has 0 aromatic rings. The van der Waals surface area contributed by atoms with Crippen LogP contribution in [-0.4, -0.2) is 34.6 Å². The van der Waals surface area contributed by atoms with E-state index in [-0.39, 0.29) is 12.2 Å². The van der Waals surface area contributed by atoms with Crippen LogP contribution in [0.2, 0.25) is 0 Å². The highest BCUT2D eigenvalue weighted by atomic mass is 16.5. The lowest BCUT2D eigenvalue weighted by Gasteiger charge is -2.44. The van der Waals surface area contributed by atoms with Crippen LogP contribution in [-0.2, 0) is 4.74 Å². The van der Waals surface area contributed by atoms with E-state index in [9.17, 15) is 10.2 Å². The van der Waals surface area contributed by atoms with Crippen molar-refractivity contribution in [3.8, 4) is 0 Å². The van der Waals surface area contributed by atoms with Crippen LogP contribution in [0.5, 0.6) is 0 Å². The first-order chi connectivity index (χ1) is 11.2. The monoisotopic (exact) mass is 322 g/mol. The summed E-state index contributed by atoms with van der Waals surface area (Å²) in [5, 5.41) is 19.7. The summed E-state index contributed by atoms with van der Waals surface area (Å²) in [6.45, 7) is 0. The van der Waals surface area contributed by atoms with Crippen molar-refractivity contribution in [2.24, 2.45) is 23.7 Å². The average Bonchev–Trinajstić information content (AvgIpc) is 2.55. The van der Waals surface area contributed by atoms with E-state index >= 15 is 0 Å². The van der Waals surface area contributed by atoms with Crippen LogP contribution >= 0.6 is 0 Å². The summed E-state index contributed by atoms with van der Waals surface area (Å²) in [6.07, 6.45) is 14.8. The molecule has 0 bridgehead atoms. The van der Waals surface area contributed by atoms with Crippen LogP contribution in [0.15, 0.2) is 0 Å². The summed E-state index contributed by atoms with van der Waals surface area (Å²) in [4.78, 5) is 0. The van der Waals surface area contributed by atoms with Crippen molar-refractivity contribution in [1.82, 2.24) is 0 Å². The quantitative estimate of drug-likeness (QED) is 0.815. The van der Waals surface area contributed by atoms with E-state index in [1.54, 1.807) is 0 Å². The molecule has 0 radical (unpaired) electrons. The molecule has 23 heavy (non-hydrogen) atoms. The van der Waals surface area contributed by atoms with Gasteiger partial charge in [0.2, 0.25) is 0 Å². The highest BCUT2D eigenvalue weighted by Crippen LogP contribution is 2.44. The molecule has 4 fully saturated rings. The Bertz CT molecular complexity index is 362. The zero-order chi connectivity index (χ0) is 15.8. The van der Waals surface area contributed by atoms with Crippen LogP contribution in [0.1, 0.15) is 77.0 Å². The van der Waals surface area contributed by atoms with Crippen LogP contribution in [0.25, 0.3) is 0 Å². The summed E-state index contributed by atoms with van der Waals surface area (Å²) >= 11 is 0. The van der Waals surface area contributed by atoms with Gasteiger partial charge in [-0.05, 0) is 101 Å². The molecule has 0 heterocycles. The standard InChI is InChI=1S/C20H34O3/c21-17-5-1-15-11-19(7-3-13(15)9-17)23-20-8-4-14-10-18(22)6-2-16(14)12-20/h13-22H,1-12H2. The second-order valence-electron chi connectivity index (χ2n) is 8.98. The molecule has 8 unspecified atom stereocenters. The van der Waals surface area contributed by atoms with Crippen LogP contribution in [0.4, 0.5) is 0 Å². The van der Waals surface area contributed by atoms with E-state index in [4.69, 9.17) is 4.74 Å². The van der Waals surface area contributed by atoms with E-state index in [1.807, 2.05) is 0 Å². The van der Waals surface area contributed by atoms with Gasteiger partial charge in [0.15, 0.2) is 0 Å². The Morgan fingerprint density at radius 1 is 0.478 bits per heavy atom. The number of aliphatic hydroxyl groups is 2. The van der Waals surface area contributed by atoms with E-state index in [2.05, 4.69) is 0 Å². The predicted molar refractivity (Wildman–Crippen MR) is 90.0 cm³/mol. The molecule has 0 amide bonds. The fraction of sp³-hybridized carbons (Fsp3) is 1.00. The molecule has 4 aliphatic rings. The largest absolute Gasteiger partial charge is 0.393 e. The normalized spacial score (nSPS) is 50.9. The molecule has 132 valence electrons. The maximum Gasteiger partial charge on any atom is 0.0581 e. The second-order valence-corrected chi connectivity index (χ2v) is 8.98. The summed E-state index contributed by atoms with van der Waals surface area (Å²) < 4.78 is 6.56. The molecule has 0 aromatic carbocycles. The third kappa shape index (κ3) is 3.77. The maximum absolute atomic E-state index is 9.85. The lowest BCUT2D eigenvalue weighted by atomic mass is 9.68. The summed E-state index contributed by atoms with van der Waals surface area (Å²) in [6, 6.07) is 0. The Morgan fingerprint density at radius 2 is 0.870 bits per heavy atom. The molecule has 8 atom stereocenters. The summed E-state index contributed by atoms with van der Waals surface area (Å²) in [7, 11) is 0. The molecule has 0 aromatic heterocycles. The Morgan fingerprint density at radius 3 is 1.35 bits per heavy atom. The Kier molecular flexibility index (Phi) is 4.99. The third-order valence-corrected chi connectivity index (χ3v) is 7.46. The van der Waals surface area contributed by atoms with Gasteiger partial charge in [-0.25, -0.2) is 0 Å². The molecule has 3 heteroatoms. The van der Waals surface area contributed by atoms with E-state index in [0.29, 0.717) is 12.2 Å². The Hall–Kier alpha value is -0.120. The van der Waals surface area contributed by atoms with Gasteiger partial charge in [0.25, 0.3) is 0 Å². The fourth-order valence-electron chi connectivity index (χ4n) is 6.16. The Balaban J connectivity index is 1.26. The van der Waals surface area contributed by atoms with Gasteiger partial charge in [0, 0.05) is 0 Å². The molecular weight excluding hydrogens is 288 g/mol. The first-order valence-corrected chi connectivity index (χ1v) is 10.2. The van der Waals surface area contributed by atoms with Gasteiger partial charge in [-0.2, -0.15) is 0 Å². The number of hydrogen-bond acceptors (Lipinski definition) is 3.